The van der Waals surface area contributed by atoms with Crippen molar-refractivity contribution in [3.63, 3.8) is 0 Å². The predicted octanol–water partition coefficient (Wildman–Crippen LogP) is 2.35. The lowest BCUT2D eigenvalue weighted by Crippen LogP contribution is -2.55. The Balaban J connectivity index is 1.50. The molecule has 1 unspecified atom stereocenters. The van der Waals surface area contributed by atoms with E-state index in [1.807, 2.05) is 60.7 Å². The predicted molar refractivity (Wildman–Crippen MR) is 126 cm³/mol. The molecule has 2 aromatic carbocycles. The van der Waals surface area contributed by atoms with E-state index in [0.29, 0.717) is 6.42 Å². The number of β-lactam (4-membered cyclic amide) rings is 1. The van der Waals surface area contributed by atoms with E-state index in [1.165, 1.54) is 11.8 Å². The van der Waals surface area contributed by atoms with Crippen molar-refractivity contribution in [2.24, 2.45) is 5.92 Å². The van der Waals surface area contributed by atoms with Gasteiger partial charge in [-0.3, -0.25) is 14.4 Å². The van der Waals surface area contributed by atoms with Gasteiger partial charge in [0.05, 0.1) is 12.5 Å². The lowest BCUT2D eigenvalue weighted by Gasteiger charge is -2.40. The molecule has 0 aromatic heterocycles. The van der Waals surface area contributed by atoms with Crippen LogP contribution in [-0.4, -0.2) is 47.2 Å². The van der Waals surface area contributed by atoms with Gasteiger partial charge in [0.15, 0.2) is 0 Å². The van der Waals surface area contributed by atoms with Gasteiger partial charge in [0.25, 0.3) is 0 Å². The van der Waals surface area contributed by atoms with Crippen LogP contribution in [0.15, 0.2) is 60.7 Å². The minimum Gasteiger partial charge on any atom is -0.459 e. The topological polar surface area (TPSA) is 105 Å². The molecule has 1 saturated heterocycles. The fourth-order valence-electron chi connectivity index (χ4n) is 3.73. The second kappa shape index (κ2) is 11.4. The molecular weight excluding hydrogens is 434 g/mol. The molecule has 1 aliphatic heterocycles. The Labute approximate surface area is 199 Å². The van der Waals surface area contributed by atoms with Crippen molar-refractivity contribution in [1.82, 2.24) is 15.5 Å². The van der Waals surface area contributed by atoms with E-state index in [2.05, 4.69) is 10.6 Å². The van der Waals surface area contributed by atoms with Gasteiger partial charge in [-0.2, -0.15) is 0 Å². The van der Waals surface area contributed by atoms with Gasteiger partial charge in [0.1, 0.15) is 25.2 Å². The fraction of sp³-hybridized carbons (Fsp3) is 0.385. The molecule has 0 radical (unpaired) electrons. The molecule has 0 bridgehead atoms. The number of hydrogen-bond acceptors (Lipinski definition) is 5. The summed E-state index contributed by atoms with van der Waals surface area (Å²) in [6.07, 6.45) is 0.356. The number of likely N-dealkylation sites (tertiary alicyclic amines) is 1. The highest BCUT2D eigenvalue weighted by molar-refractivity contribution is 5.93. The second-order valence-electron chi connectivity index (χ2n) is 8.77. The Kier molecular flexibility index (Phi) is 8.40. The largest absolute Gasteiger partial charge is 0.459 e. The Morgan fingerprint density at radius 3 is 2.18 bits per heavy atom. The number of ether oxygens (including phenoxy) is 1. The number of rotatable bonds is 10. The first-order valence-corrected chi connectivity index (χ1v) is 11.4. The van der Waals surface area contributed by atoms with Crippen LogP contribution in [0.4, 0.5) is 0 Å². The van der Waals surface area contributed by atoms with Crippen LogP contribution >= 0.6 is 0 Å². The summed E-state index contributed by atoms with van der Waals surface area (Å²) in [5.41, 5.74) is 1.81. The van der Waals surface area contributed by atoms with E-state index in [9.17, 15) is 19.2 Å². The third-order valence-corrected chi connectivity index (χ3v) is 5.78. The van der Waals surface area contributed by atoms with E-state index in [-0.39, 0.29) is 31.0 Å². The first kappa shape index (κ1) is 25.0. The van der Waals surface area contributed by atoms with Crippen molar-refractivity contribution in [3.05, 3.63) is 71.8 Å². The zero-order valence-corrected chi connectivity index (χ0v) is 19.7. The Morgan fingerprint density at radius 2 is 1.59 bits per heavy atom. The van der Waals surface area contributed by atoms with Crippen LogP contribution in [0.25, 0.3) is 0 Å². The number of carbonyl (C=O) groups excluding carboxylic acids is 4. The van der Waals surface area contributed by atoms with Gasteiger partial charge in [-0.05, 0) is 24.0 Å². The van der Waals surface area contributed by atoms with Crippen LogP contribution < -0.4 is 10.6 Å². The normalized spacial score (nSPS) is 16.9. The smallest absolute Gasteiger partial charge is 0.329 e. The van der Waals surface area contributed by atoms with E-state index in [1.54, 1.807) is 13.8 Å². The Hall–Kier alpha value is -3.68. The second-order valence-corrected chi connectivity index (χ2v) is 8.77. The van der Waals surface area contributed by atoms with E-state index in [0.717, 1.165) is 11.1 Å². The SMILES string of the molecule is CC(C)[C@H](NC(=O)[C@H](C)NC(=O)CN1C(=O)CC1c1ccccc1)C(=O)OCc1ccccc1. The average molecular weight is 466 g/mol. The van der Waals surface area contributed by atoms with Gasteiger partial charge in [0.2, 0.25) is 17.7 Å². The minimum absolute atomic E-state index is 0.109. The lowest BCUT2D eigenvalue weighted by molar-refractivity contribution is -0.151. The summed E-state index contributed by atoms with van der Waals surface area (Å²) < 4.78 is 5.37. The van der Waals surface area contributed by atoms with Crippen LogP contribution in [0.2, 0.25) is 0 Å². The molecule has 2 N–H and O–H groups in total. The van der Waals surface area contributed by atoms with Gasteiger partial charge in [-0.1, -0.05) is 74.5 Å². The minimum atomic E-state index is -0.887. The summed E-state index contributed by atoms with van der Waals surface area (Å²) >= 11 is 0. The number of benzene rings is 2. The number of amides is 3. The molecule has 1 aliphatic rings. The number of esters is 1. The summed E-state index contributed by atoms with van der Waals surface area (Å²) in [5, 5.41) is 5.29. The van der Waals surface area contributed by atoms with Crippen molar-refractivity contribution < 1.29 is 23.9 Å². The number of carbonyl (C=O) groups is 4. The van der Waals surface area contributed by atoms with E-state index < -0.39 is 29.9 Å². The molecule has 3 atom stereocenters. The molecule has 8 nitrogen and oxygen atoms in total. The van der Waals surface area contributed by atoms with Crippen molar-refractivity contribution in [1.29, 1.82) is 0 Å². The van der Waals surface area contributed by atoms with Crippen molar-refractivity contribution >= 4 is 23.7 Å². The molecule has 1 fully saturated rings. The van der Waals surface area contributed by atoms with E-state index in [4.69, 9.17) is 4.74 Å². The maximum atomic E-state index is 12.7. The third-order valence-electron chi connectivity index (χ3n) is 5.78. The van der Waals surface area contributed by atoms with Crippen molar-refractivity contribution in [2.75, 3.05) is 6.54 Å². The highest BCUT2D eigenvalue weighted by atomic mass is 16.5. The molecule has 180 valence electrons. The van der Waals surface area contributed by atoms with Gasteiger partial charge in [0, 0.05) is 0 Å². The summed E-state index contributed by atoms with van der Waals surface area (Å²) in [6, 6.07) is 16.9. The van der Waals surface area contributed by atoms with Crippen LogP contribution in [0.1, 0.15) is 44.4 Å². The molecule has 2 aromatic rings. The quantitative estimate of drug-likeness (QED) is 0.414. The number of hydrogen-bond donors (Lipinski definition) is 2. The number of nitrogens with zero attached hydrogens (tertiary/aromatic N) is 1. The molecule has 34 heavy (non-hydrogen) atoms. The molecule has 1 heterocycles. The summed E-state index contributed by atoms with van der Waals surface area (Å²) in [6.45, 7) is 5.11. The molecule has 8 heteroatoms. The van der Waals surface area contributed by atoms with Crippen molar-refractivity contribution in [3.8, 4) is 0 Å². The summed E-state index contributed by atoms with van der Waals surface area (Å²) in [5.74, 6) is -1.80. The van der Waals surface area contributed by atoms with Crippen LogP contribution in [0, 0.1) is 5.92 Å². The average Bonchev–Trinajstić information content (AvgIpc) is 2.83. The monoisotopic (exact) mass is 465 g/mol. The van der Waals surface area contributed by atoms with Crippen LogP contribution in [0.5, 0.6) is 0 Å². The zero-order chi connectivity index (χ0) is 24.7. The Bertz CT molecular complexity index is 1010. The standard InChI is InChI=1S/C26H31N3O5/c1-17(2)24(26(33)34-16-19-10-6-4-7-11-19)28-25(32)18(3)27-22(30)15-29-21(14-23(29)31)20-12-8-5-9-13-20/h4-13,17-18,21,24H,14-16H2,1-3H3,(H,27,30)(H,28,32)/t18-,21?,24-/m0/s1. The first-order chi connectivity index (χ1) is 16.3. The van der Waals surface area contributed by atoms with Gasteiger partial charge in [-0.15, -0.1) is 0 Å². The fourth-order valence-corrected chi connectivity index (χ4v) is 3.73. The van der Waals surface area contributed by atoms with Crippen LogP contribution in [-0.2, 0) is 30.5 Å². The zero-order valence-electron chi connectivity index (χ0n) is 19.7. The third kappa shape index (κ3) is 6.43. The first-order valence-electron chi connectivity index (χ1n) is 11.4. The molecule has 0 saturated carbocycles. The highest BCUT2D eigenvalue weighted by Gasteiger charge is 2.38. The Morgan fingerprint density at radius 1 is 0.971 bits per heavy atom. The molecule has 0 spiro atoms. The summed E-state index contributed by atoms with van der Waals surface area (Å²) in [7, 11) is 0. The van der Waals surface area contributed by atoms with Crippen LogP contribution in [0.3, 0.4) is 0 Å². The summed E-state index contributed by atoms with van der Waals surface area (Å²) in [4.78, 5) is 51.3. The van der Waals surface area contributed by atoms with Crippen molar-refractivity contribution in [2.45, 2.75) is 51.9 Å². The molecular formula is C26H31N3O5. The van der Waals surface area contributed by atoms with E-state index >= 15 is 0 Å². The maximum absolute atomic E-state index is 12.7. The molecule has 3 rings (SSSR count). The number of nitrogens with one attached hydrogen (secondary N) is 2. The molecule has 0 aliphatic carbocycles. The van der Waals surface area contributed by atoms with Gasteiger partial charge >= 0.3 is 5.97 Å². The highest BCUT2D eigenvalue weighted by Crippen LogP contribution is 2.33. The van der Waals surface area contributed by atoms with Gasteiger partial charge in [-0.25, -0.2) is 4.79 Å². The maximum Gasteiger partial charge on any atom is 0.329 e. The molecule has 3 amide bonds. The van der Waals surface area contributed by atoms with Gasteiger partial charge < -0.3 is 20.3 Å². The lowest BCUT2D eigenvalue weighted by atomic mass is 9.94.